The summed E-state index contributed by atoms with van der Waals surface area (Å²) in [7, 11) is 0. The Bertz CT molecular complexity index is 364. The lowest BCUT2D eigenvalue weighted by atomic mass is 9.93. The van der Waals surface area contributed by atoms with Gasteiger partial charge in [-0.15, -0.1) is 0 Å². The monoisotopic (exact) mass is 209 g/mol. The number of amides is 1. The highest BCUT2D eigenvalue weighted by Gasteiger charge is 2.29. The van der Waals surface area contributed by atoms with E-state index >= 15 is 0 Å². The molecule has 0 spiro atoms. The highest BCUT2D eigenvalue weighted by Crippen LogP contribution is 2.29. The lowest BCUT2D eigenvalue weighted by molar-refractivity contribution is -0.119. The number of carbonyl (C=O) groups is 1. The average molecular weight is 210 g/mol. The number of halogens is 1. The van der Waals surface area contributed by atoms with Crippen LogP contribution in [0.5, 0.6) is 0 Å². The first kappa shape index (κ1) is 9.53. The summed E-state index contributed by atoms with van der Waals surface area (Å²) < 4.78 is 0. The number of hydrogen-bond donors (Lipinski definition) is 1. The molecule has 1 aromatic rings. The lowest BCUT2D eigenvalue weighted by Crippen LogP contribution is -2.24. The Hall–Kier alpha value is -1.02. The third kappa shape index (κ3) is 1.75. The molecule has 0 saturated carbocycles. The molecule has 2 rings (SSSR count). The van der Waals surface area contributed by atoms with Crippen molar-refractivity contribution in [2.75, 3.05) is 0 Å². The quantitative estimate of drug-likeness (QED) is 0.756. The third-order valence-corrected chi connectivity index (χ3v) is 2.91. The molecule has 2 nitrogen and oxygen atoms in total. The topological polar surface area (TPSA) is 29.1 Å². The first-order chi connectivity index (χ1) is 6.66. The van der Waals surface area contributed by atoms with Crippen molar-refractivity contribution in [1.82, 2.24) is 5.32 Å². The Kier molecular flexibility index (Phi) is 2.46. The molecule has 1 heterocycles. The maximum Gasteiger partial charge on any atom is 0.220 e. The Morgan fingerprint density at radius 1 is 1.50 bits per heavy atom. The first-order valence-corrected chi connectivity index (χ1v) is 5.09. The van der Waals surface area contributed by atoms with Gasteiger partial charge in [0.2, 0.25) is 5.91 Å². The molecule has 0 radical (unpaired) electrons. The van der Waals surface area contributed by atoms with Crippen molar-refractivity contribution in [3.63, 3.8) is 0 Å². The fourth-order valence-corrected chi connectivity index (χ4v) is 2.13. The molecular formula is C11H12ClNO. The Morgan fingerprint density at radius 3 is 2.86 bits per heavy atom. The highest BCUT2D eigenvalue weighted by molar-refractivity contribution is 6.30. The van der Waals surface area contributed by atoms with Crippen LogP contribution in [-0.2, 0) is 4.79 Å². The smallest absolute Gasteiger partial charge is 0.220 e. The van der Waals surface area contributed by atoms with Gasteiger partial charge in [-0.1, -0.05) is 23.7 Å². The van der Waals surface area contributed by atoms with Crippen LogP contribution in [0.3, 0.4) is 0 Å². The summed E-state index contributed by atoms with van der Waals surface area (Å²) in [4.78, 5) is 11.2. The first-order valence-electron chi connectivity index (χ1n) is 4.71. The minimum Gasteiger partial charge on any atom is -0.353 e. The molecule has 0 aliphatic carbocycles. The molecule has 3 heteroatoms. The molecule has 1 fully saturated rings. The predicted octanol–water partition coefficient (Wildman–Crippen LogP) is 2.33. The molecule has 1 amide bonds. The summed E-state index contributed by atoms with van der Waals surface area (Å²) in [5.74, 6) is 0.392. The van der Waals surface area contributed by atoms with Gasteiger partial charge in [0.1, 0.15) is 0 Å². The molecule has 2 atom stereocenters. The van der Waals surface area contributed by atoms with Crippen molar-refractivity contribution in [3.8, 4) is 0 Å². The summed E-state index contributed by atoms with van der Waals surface area (Å²) in [5.41, 5.74) is 1.14. The number of nitrogens with one attached hydrogen (secondary N) is 1. The van der Waals surface area contributed by atoms with Crippen molar-refractivity contribution < 1.29 is 4.79 Å². The minimum atomic E-state index is 0.127. The van der Waals surface area contributed by atoms with Crippen LogP contribution in [0.1, 0.15) is 24.8 Å². The van der Waals surface area contributed by atoms with Crippen LogP contribution in [0.2, 0.25) is 5.02 Å². The van der Waals surface area contributed by atoms with Gasteiger partial charge in [-0.2, -0.15) is 0 Å². The van der Waals surface area contributed by atoms with Crippen LogP contribution in [0.25, 0.3) is 0 Å². The molecule has 0 unspecified atom stereocenters. The zero-order chi connectivity index (χ0) is 10.1. The number of hydrogen-bond acceptors (Lipinski definition) is 1. The van der Waals surface area contributed by atoms with Gasteiger partial charge >= 0.3 is 0 Å². The average Bonchev–Trinajstić information content (AvgIpc) is 2.45. The summed E-state index contributed by atoms with van der Waals surface area (Å²) in [6.45, 7) is 2.02. The standard InChI is InChI=1S/C11H12ClNO/c1-7-10(6-11(14)13-7)8-3-2-4-9(12)5-8/h2-5,7,10H,6H2,1H3,(H,13,14)/t7-,10-/m0/s1. The predicted molar refractivity (Wildman–Crippen MR) is 56.4 cm³/mol. The number of benzene rings is 1. The number of carbonyl (C=O) groups excluding carboxylic acids is 1. The van der Waals surface area contributed by atoms with Crippen molar-refractivity contribution in [3.05, 3.63) is 34.9 Å². The zero-order valence-electron chi connectivity index (χ0n) is 7.96. The van der Waals surface area contributed by atoms with E-state index in [1.165, 1.54) is 0 Å². The highest BCUT2D eigenvalue weighted by atomic mass is 35.5. The van der Waals surface area contributed by atoms with Gasteiger partial charge in [-0.05, 0) is 24.6 Å². The third-order valence-electron chi connectivity index (χ3n) is 2.67. The maximum absolute atomic E-state index is 11.2. The zero-order valence-corrected chi connectivity index (χ0v) is 8.71. The van der Waals surface area contributed by atoms with Crippen molar-refractivity contribution in [2.45, 2.75) is 25.3 Å². The van der Waals surface area contributed by atoms with Gasteiger partial charge in [0.15, 0.2) is 0 Å². The fourth-order valence-electron chi connectivity index (χ4n) is 1.93. The SMILES string of the molecule is C[C@@H]1NC(=O)C[C@@H]1c1cccc(Cl)c1. The lowest BCUT2D eigenvalue weighted by Gasteiger charge is -2.14. The van der Waals surface area contributed by atoms with Crippen molar-refractivity contribution in [1.29, 1.82) is 0 Å². The Balaban J connectivity index is 2.27. The van der Waals surface area contributed by atoms with Gasteiger partial charge in [0.05, 0.1) is 0 Å². The fraction of sp³-hybridized carbons (Fsp3) is 0.364. The van der Waals surface area contributed by atoms with Crippen LogP contribution in [-0.4, -0.2) is 11.9 Å². The second kappa shape index (κ2) is 3.62. The molecule has 0 bridgehead atoms. The minimum absolute atomic E-state index is 0.127. The second-order valence-corrected chi connectivity index (χ2v) is 4.16. The van der Waals surface area contributed by atoms with E-state index in [-0.39, 0.29) is 17.9 Å². The van der Waals surface area contributed by atoms with E-state index in [4.69, 9.17) is 11.6 Å². The van der Waals surface area contributed by atoms with Crippen LogP contribution in [0, 0.1) is 0 Å². The largest absolute Gasteiger partial charge is 0.353 e. The molecule has 1 aliphatic heterocycles. The summed E-state index contributed by atoms with van der Waals surface area (Å²) >= 11 is 5.90. The van der Waals surface area contributed by atoms with Crippen molar-refractivity contribution in [2.24, 2.45) is 0 Å². The van der Waals surface area contributed by atoms with E-state index in [1.807, 2.05) is 31.2 Å². The van der Waals surface area contributed by atoms with Crippen LogP contribution >= 0.6 is 11.6 Å². The molecule has 0 aromatic heterocycles. The van der Waals surface area contributed by atoms with E-state index in [0.717, 1.165) is 10.6 Å². The summed E-state index contributed by atoms with van der Waals surface area (Å²) in [6.07, 6.45) is 0.571. The molecule has 74 valence electrons. The summed E-state index contributed by atoms with van der Waals surface area (Å²) in [5, 5.41) is 3.63. The van der Waals surface area contributed by atoms with Crippen LogP contribution < -0.4 is 5.32 Å². The van der Waals surface area contributed by atoms with Gasteiger partial charge in [-0.25, -0.2) is 0 Å². The molecule has 1 N–H and O–H groups in total. The molecule has 1 saturated heterocycles. The second-order valence-electron chi connectivity index (χ2n) is 3.72. The van der Waals surface area contributed by atoms with Crippen LogP contribution in [0.15, 0.2) is 24.3 Å². The van der Waals surface area contributed by atoms with E-state index in [0.29, 0.717) is 6.42 Å². The van der Waals surface area contributed by atoms with Crippen molar-refractivity contribution >= 4 is 17.5 Å². The van der Waals surface area contributed by atoms with E-state index in [1.54, 1.807) is 0 Å². The Labute approximate surface area is 88.3 Å². The van der Waals surface area contributed by atoms with Gasteiger partial charge in [0.25, 0.3) is 0 Å². The van der Waals surface area contributed by atoms with Gasteiger partial charge < -0.3 is 5.32 Å². The van der Waals surface area contributed by atoms with E-state index < -0.39 is 0 Å². The Morgan fingerprint density at radius 2 is 2.29 bits per heavy atom. The maximum atomic E-state index is 11.2. The van der Waals surface area contributed by atoms with Gasteiger partial charge in [-0.3, -0.25) is 4.79 Å². The molecule has 14 heavy (non-hydrogen) atoms. The van der Waals surface area contributed by atoms with Crippen LogP contribution in [0.4, 0.5) is 0 Å². The molecule has 1 aromatic carbocycles. The summed E-state index contributed by atoms with van der Waals surface area (Å²) in [6, 6.07) is 7.93. The normalized spacial score (nSPS) is 26.3. The van der Waals surface area contributed by atoms with Gasteiger partial charge in [0, 0.05) is 23.4 Å². The van der Waals surface area contributed by atoms with E-state index in [2.05, 4.69) is 5.32 Å². The van der Waals surface area contributed by atoms with E-state index in [9.17, 15) is 4.79 Å². The number of rotatable bonds is 1. The molecule has 1 aliphatic rings. The molecular weight excluding hydrogens is 198 g/mol.